The van der Waals surface area contributed by atoms with Crippen molar-refractivity contribution in [3.8, 4) is 0 Å². The van der Waals surface area contributed by atoms with Crippen molar-refractivity contribution >= 4 is 6.09 Å². The zero-order valence-corrected chi connectivity index (χ0v) is 26.8. The number of nitrogens with zero attached hydrogens (tertiary/aromatic N) is 1. The zero-order chi connectivity index (χ0) is 29.3. The van der Waals surface area contributed by atoms with E-state index >= 15 is 0 Å². The predicted molar refractivity (Wildman–Crippen MR) is 158 cm³/mol. The summed E-state index contributed by atoms with van der Waals surface area (Å²) in [6.45, 7) is 18.5. The molecule has 0 radical (unpaired) electrons. The van der Waals surface area contributed by atoms with Gasteiger partial charge in [0.1, 0.15) is 6.10 Å². The highest BCUT2D eigenvalue weighted by Crippen LogP contribution is 2.89. The predicted octanol–water partition coefficient (Wildman–Crippen LogP) is 6.28. The summed E-state index contributed by atoms with van der Waals surface area (Å²) in [6.07, 6.45) is 9.04. The van der Waals surface area contributed by atoms with Gasteiger partial charge in [0.2, 0.25) is 0 Å². The molecule has 2 spiro atoms. The SMILES string of the molecule is CC(C)C(OC(=O)N1CCC1)C1C[C@@H](C)[C@H]2C(CO1)[C@H](O)[C@@]1(C)C3CCC4C(C)(C)C(O)CCC45CC35CCC21C. The monoisotopic (exact) mass is 571 g/mol. The maximum Gasteiger partial charge on any atom is 0.410 e. The highest BCUT2D eigenvalue weighted by atomic mass is 16.6. The van der Waals surface area contributed by atoms with Crippen LogP contribution in [0, 0.1) is 62.6 Å². The minimum absolute atomic E-state index is 0.0159. The van der Waals surface area contributed by atoms with Crippen molar-refractivity contribution in [2.45, 2.75) is 131 Å². The number of carbonyl (C=O) groups is 1. The highest BCUT2D eigenvalue weighted by molar-refractivity contribution is 5.68. The summed E-state index contributed by atoms with van der Waals surface area (Å²) >= 11 is 0. The van der Waals surface area contributed by atoms with E-state index in [9.17, 15) is 15.0 Å². The van der Waals surface area contributed by atoms with Crippen LogP contribution in [0.2, 0.25) is 0 Å². The molecule has 9 unspecified atom stereocenters. The Hall–Kier alpha value is -0.850. The fraction of sp³-hybridized carbons (Fsp3) is 0.971. The van der Waals surface area contributed by atoms with Crippen molar-refractivity contribution in [1.29, 1.82) is 0 Å². The van der Waals surface area contributed by atoms with Crippen LogP contribution in [0.5, 0.6) is 0 Å². The molecule has 2 heterocycles. The van der Waals surface area contributed by atoms with E-state index in [1.165, 1.54) is 38.5 Å². The zero-order valence-electron chi connectivity index (χ0n) is 26.8. The molecular weight excluding hydrogens is 514 g/mol. The third-order valence-electron chi connectivity index (χ3n) is 15.6. The molecule has 2 N–H and O–H groups in total. The van der Waals surface area contributed by atoms with E-state index in [-0.39, 0.29) is 58.6 Å². The first kappa shape index (κ1) is 28.9. The first-order chi connectivity index (χ1) is 19.2. The van der Waals surface area contributed by atoms with E-state index in [1.54, 1.807) is 4.90 Å². The number of hydrogen-bond acceptors (Lipinski definition) is 5. The van der Waals surface area contributed by atoms with Gasteiger partial charge in [-0.15, -0.1) is 0 Å². The molecule has 5 aliphatic carbocycles. The van der Waals surface area contributed by atoms with Crippen LogP contribution in [-0.4, -0.2) is 65.3 Å². The minimum Gasteiger partial charge on any atom is -0.443 e. The fourth-order valence-electron chi connectivity index (χ4n) is 13.3. The molecule has 1 amide bonds. The second-order valence-electron chi connectivity index (χ2n) is 17.4. The molecular formula is C35H57NO5. The standard InChI is InChI=1S/C35H57NO5/c1-20(2)28(41-30(39)36-15-8-16-36)23-17-21(3)27-22(18-40-23)29(38)33(7)25-10-9-24-31(4,5)26(37)11-12-34(24)19-35(25,34)14-13-32(27,33)6/h20-29,37-38H,8-19H2,1-7H3/t21-,22?,23?,24?,25?,26?,27+,28?,29+,32?,33-,34?,35?/m1/s1. The summed E-state index contributed by atoms with van der Waals surface area (Å²) in [5.74, 6) is 2.23. The number of fused-ring (bicyclic) bond motifs is 4. The molecule has 7 fully saturated rings. The van der Waals surface area contributed by atoms with Gasteiger partial charge in [0.05, 0.1) is 24.9 Å². The van der Waals surface area contributed by atoms with Crippen LogP contribution in [0.25, 0.3) is 0 Å². The molecule has 232 valence electrons. The molecule has 5 saturated carbocycles. The van der Waals surface area contributed by atoms with Crippen LogP contribution in [-0.2, 0) is 9.47 Å². The molecule has 7 aliphatic rings. The van der Waals surface area contributed by atoms with Crippen molar-refractivity contribution in [1.82, 2.24) is 4.90 Å². The number of carbonyl (C=O) groups excluding carboxylic acids is 1. The Balaban J connectivity index is 1.16. The van der Waals surface area contributed by atoms with Crippen molar-refractivity contribution in [3.05, 3.63) is 0 Å². The summed E-state index contributed by atoms with van der Waals surface area (Å²) in [5, 5.41) is 23.5. The maximum atomic E-state index is 12.8. The van der Waals surface area contributed by atoms with Crippen LogP contribution in [0.15, 0.2) is 0 Å². The molecule has 0 bridgehead atoms. The Bertz CT molecular complexity index is 1070. The Morgan fingerprint density at radius 3 is 2.32 bits per heavy atom. The van der Waals surface area contributed by atoms with Crippen LogP contribution >= 0.6 is 0 Å². The highest BCUT2D eigenvalue weighted by Gasteiger charge is 2.84. The van der Waals surface area contributed by atoms with Gasteiger partial charge in [-0.3, -0.25) is 0 Å². The van der Waals surface area contributed by atoms with Crippen molar-refractivity contribution < 1.29 is 24.5 Å². The van der Waals surface area contributed by atoms with Gasteiger partial charge in [-0.2, -0.15) is 0 Å². The third kappa shape index (κ3) is 3.51. The molecule has 41 heavy (non-hydrogen) atoms. The maximum absolute atomic E-state index is 12.8. The Labute approximate surface area is 248 Å². The van der Waals surface area contributed by atoms with Gasteiger partial charge in [0.15, 0.2) is 0 Å². The van der Waals surface area contributed by atoms with Crippen molar-refractivity contribution in [3.63, 3.8) is 0 Å². The average Bonchev–Trinajstić information content (AvgIpc) is 3.54. The number of hydrogen-bond donors (Lipinski definition) is 2. The minimum atomic E-state index is -0.376. The largest absolute Gasteiger partial charge is 0.443 e. The van der Waals surface area contributed by atoms with Gasteiger partial charge in [-0.05, 0) is 109 Å². The van der Waals surface area contributed by atoms with Crippen LogP contribution in [0.1, 0.15) is 106 Å². The lowest BCUT2D eigenvalue weighted by molar-refractivity contribution is -0.185. The fourth-order valence-corrected chi connectivity index (χ4v) is 13.3. The molecule has 0 aromatic carbocycles. The molecule has 2 saturated heterocycles. The first-order valence-corrected chi connectivity index (χ1v) is 17.2. The van der Waals surface area contributed by atoms with Crippen LogP contribution in [0.3, 0.4) is 0 Å². The number of rotatable bonds is 3. The summed E-state index contributed by atoms with van der Waals surface area (Å²) in [5.41, 5.74) is 0.629. The van der Waals surface area contributed by atoms with Gasteiger partial charge in [0.25, 0.3) is 0 Å². The second kappa shape index (κ2) is 9.10. The van der Waals surface area contributed by atoms with E-state index in [2.05, 4.69) is 48.5 Å². The lowest BCUT2D eigenvalue weighted by Crippen LogP contribution is -2.60. The summed E-state index contributed by atoms with van der Waals surface area (Å²) in [7, 11) is 0. The van der Waals surface area contributed by atoms with Crippen molar-refractivity contribution in [2.75, 3.05) is 19.7 Å². The smallest absolute Gasteiger partial charge is 0.410 e. The topological polar surface area (TPSA) is 79.2 Å². The lowest BCUT2D eigenvalue weighted by Gasteiger charge is -2.63. The Morgan fingerprint density at radius 2 is 1.66 bits per heavy atom. The molecule has 2 aliphatic heterocycles. The van der Waals surface area contributed by atoms with E-state index in [0.29, 0.717) is 41.1 Å². The summed E-state index contributed by atoms with van der Waals surface area (Å²) in [4.78, 5) is 14.6. The Kier molecular flexibility index (Phi) is 6.41. The normalized spacial score (nSPS) is 54.0. The first-order valence-electron chi connectivity index (χ1n) is 17.2. The van der Waals surface area contributed by atoms with E-state index in [4.69, 9.17) is 9.47 Å². The van der Waals surface area contributed by atoms with E-state index in [1.807, 2.05) is 0 Å². The molecule has 6 heteroatoms. The molecule has 7 rings (SSSR count). The van der Waals surface area contributed by atoms with Crippen molar-refractivity contribution in [2.24, 2.45) is 62.6 Å². The van der Waals surface area contributed by atoms with Gasteiger partial charge in [0, 0.05) is 24.4 Å². The lowest BCUT2D eigenvalue weighted by atomic mass is 9.41. The number of amides is 1. The van der Waals surface area contributed by atoms with Gasteiger partial charge < -0.3 is 24.6 Å². The molecule has 6 nitrogen and oxygen atoms in total. The average molecular weight is 572 g/mol. The summed E-state index contributed by atoms with van der Waals surface area (Å²) < 4.78 is 12.8. The number of aliphatic hydroxyl groups is 2. The van der Waals surface area contributed by atoms with E-state index < -0.39 is 0 Å². The quantitative estimate of drug-likeness (QED) is 0.417. The van der Waals surface area contributed by atoms with Gasteiger partial charge in [-0.1, -0.05) is 48.5 Å². The second-order valence-corrected chi connectivity index (χ2v) is 17.4. The molecule has 0 aromatic heterocycles. The number of likely N-dealkylation sites (tertiary alicyclic amines) is 1. The molecule has 13 atom stereocenters. The molecule has 0 aromatic rings. The van der Waals surface area contributed by atoms with Crippen LogP contribution in [0.4, 0.5) is 4.79 Å². The van der Waals surface area contributed by atoms with Crippen LogP contribution < -0.4 is 0 Å². The number of ether oxygens (including phenoxy) is 2. The van der Waals surface area contributed by atoms with Gasteiger partial charge >= 0.3 is 6.09 Å². The van der Waals surface area contributed by atoms with E-state index in [0.717, 1.165) is 32.4 Å². The third-order valence-corrected chi connectivity index (χ3v) is 15.6. The Morgan fingerprint density at radius 1 is 0.976 bits per heavy atom. The van der Waals surface area contributed by atoms with Gasteiger partial charge in [-0.25, -0.2) is 4.79 Å². The summed E-state index contributed by atoms with van der Waals surface area (Å²) in [6, 6.07) is 0. The number of aliphatic hydroxyl groups excluding tert-OH is 2.